The van der Waals surface area contributed by atoms with Gasteiger partial charge in [-0.1, -0.05) is 48.5 Å². The van der Waals surface area contributed by atoms with Gasteiger partial charge in [-0.3, -0.25) is 4.90 Å². The van der Waals surface area contributed by atoms with Crippen molar-refractivity contribution in [1.29, 1.82) is 0 Å². The third kappa shape index (κ3) is 9.11. The maximum atomic E-state index is 10.9. The van der Waals surface area contributed by atoms with Crippen molar-refractivity contribution in [3.8, 4) is 5.75 Å². The highest BCUT2D eigenvalue weighted by Crippen LogP contribution is 2.20. The number of aliphatic imine (C=N–C) groups is 1. The van der Waals surface area contributed by atoms with Crippen LogP contribution in [-0.4, -0.2) is 68.5 Å². The number of benzene rings is 2. The first-order valence-electron chi connectivity index (χ1n) is 11.4. The number of guanidine groups is 1. The van der Waals surface area contributed by atoms with Crippen molar-refractivity contribution < 1.29 is 14.6 Å². The molecule has 1 saturated heterocycles. The fourth-order valence-corrected chi connectivity index (χ4v) is 3.55. The predicted molar refractivity (Wildman–Crippen MR) is 143 cm³/mol. The molecule has 0 spiro atoms. The number of ether oxygens (including phenoxy) is 2. The van der Waals surface area contributed by atoms with Crippen LogP contribution in [0.1, 0.15) is 25.0 Å². The van der Waals surface area contributed by atoms with E-state index in [1.165, 1.54) is 0 Å². The molecule has 2 aromatic carbocycles. The van der Waals surface area contributed by atoms with Crippen LogP contribution in [0.4, 0.5) is 0 Å². The van der Waals surface area contributed by atoms with E-state index in [4.69, 9.17) is 14.5 Å². The summed E-state index contributed by atoms with van der Waals surface area (Å²) >= 11 is 0. The molecule has 0 bridgehead atoms. The van der Waals surface area contributed by atoms with Crippen molar-refractivity contribution in [2.45, 2.75) is 26.0 Å². The molecule has 33 heavy (non-hydrogen) atoms. The van der Waals surface area contributed by atoms with E-state index in [0.717, 1.165) is 56.3 Å². The zero-order valence-corrected chi connectivity index (χ0v) is 22.0. The van der Waals surface area contributed by atoms with Gasteiger partial charge in [0, 0.05) is 31.7 Å². The van der Waals surface area contributed by atoms with Crippen LogP contribution in [-0.2, 0) is 16.9 Å². The second-order valence-corrected chi connectivity index (χ2v) is 8.10. The molecular formula is C25H37IN4O3. The van der Waals surface area contributed by atoms with Crippen LogP contribution in [0.2, 0.25) is 0 Å². The third-order valence-corrected chi connectivity index (χ3v) is 5.49. The van der Waals surface area contributed by atoms with Crippen LogP contribution in [0.5, 0.6) is 5.75 Å². The van der Waals surface area contributed by atoms with Crippen LogP contribution < -0.4 is 15.4 Å². The summed E-state index contributed by atoms with van der Waals surface area (Å²) in [7, 11) is 0. The average Bonchev–Trinajstić information content (AvgIpc) is 2.83. The minimum Gasteiger partial charge on any atom is -0.492 e. The normalized spacial score (nSPS) is 16.4. The van der Waals surface area contributed by atoms with Gasteiger partial charge in [0.05, 0.1) is 26.3 Å². The first-order valence-corrected chi connectivity index (χ1v) is 11.4. The zero-order valence-electron chi connectivity index (χ0n) is 19.6. The number of halogens is 1. The maximum absolute atomic E-state index is 10.9. The second-order valence-electron chi connectivity index (χ2n) is 8.10. The minimum atomic E-state index is -1.00. The van der Waals surface area contributed by atoms with E-state index in [9.17, 15) is 5.11 Å². The molecule has 3 rings (SSSR count). The Morgan fingerprint density at radius 1 is 1.09 bits per heavy atom. The SMILES string of the molecule is CCNC(=NCc1ccccc1OCCN1CCOCC1)NCC(C)(O)c1ccccc1.I. The number of hydrogen-bond donors (Lipinski definition) is 3. The zero-order chi connectivity index (χ0) is 22.7. The lowest BCUT2D eigenvalue weighted by molar-refractivity contribution is 0.0322. The highest BCUT2D eigenvalue weighted by molar-refractivity contribution is 14.0. The molecule has 1 unspecified atom stereocenters. The van der Waals surface area contributed by atoms with Crippen molar-refractivity contribution in [3.63, 3.8) is 0 Å². The van der Waals surface area contributed by atoms with E-state index >= 15 is 0 Å². The number of para-hydroxylation sites is 1. The molecule has 0 aromatic heterocycles. The smallest absolute Gasteiger partial charge is 0.191 e. The van der Waals surface area contributed by atoms with Crippen molar-refractivity contribution >= 4 is 29.9 Å². The highest BCUT2D eigenvalue weighted by atomic mass is 127. The highest BCUT2D eigenvalue weighted by Gasteiger charge is 2.23. The summed E-state index contributed by atoms with van der Waals surface area (Å²) in [6.07, 6.45) is 0. The van der Waals surface area contributed by atoms with Crippen LogP contribution in [0.15, 0.2) is 59.6 Å². The van der Waals surface area contributed by atoms with Gasteiger partial charge in [0.1, 0.15) is 18.0 Å². The Morgan fingerprint density at radius 2 is 1.79 bits per heavy atom. The van der Waals surface area contributed by atoms with Crippen molar-refractivity contribution in [1.82, 2.24) is 15.5 Å². The molecule has 0 saturated carbocycles. The number of nitrogens with zero attached hydrogens (tertiary/aromatic N) is 2. The molecular weight excluding hydrogens is 531 g/mol. The molecule has 1 atom stereocenters. The molecule has 1 aliphatic heterocycles. The number of hydrogen-bond acceptors (Lipinski definition) is 5. The van der Waals surface area contributed by atoms with Crippen LogP contribution in [0.25, 0.3) is 0 Å². The van der Waals surface area contributed by atoms with E-state index in [1.807, 2.05) is 61.5 Å². The minimum absolute atomic E-state index is 0. The lowest BCUT2D eigenvalue weighted by atomic mass is 9.96. The van der Waals surface area contributed by atoms with Crippen LogP contribution in [0, 0.1) is 0 Å². The lowest BCUT2D eigenvalue weighted by Gasteiger charge is -2.26. The summed E-state index contributed by atoms with van der Waals surface area (Å²) in [6.45, 7) is 10.4. The van der Waals surface area contributed by atoms with Gasteiger partial charge in [0.2, 0.25) is 0 Å². The Balaban J connectivity index is 0.00000385. The van der Waals surface area contributed by atoms with E-state index < -0.39 is 5.60 Å². The molecule has 1 heterocycles. The molecule has 0 radical (unpaired) electrons. The third-order valence-electron chi connectivity index (χ3n) is 5.49. The summed E-state index contributed by atoms with van der Waals surface area (Å²) in [5.74, 6) is 1.52. The average molecular weight is 569 g/mol. The molecule has 0 amide bonds. The van der Waals surface area contributed by atoms with Gasteiger partial charge in [-0.15, -0.1) is 24.0 Å². The first-order chi connectivity index (χ1) is 15.6. The van der Waals surface area contributed by atoms with Gasteiger partial charge < -0.3 is 25.2 Å². The molecule has 1 fully saturated rings. The van der Waals surface area contributed by atoms with Gasteiger partial charge in [-0.2, -0.15) is 0 Å². The Morgan fingerprint density at radius 3 is 2.52 bits per heavy atom. The monoisotopic (exact) mass is 568 g/mol. The number of nitrogens with one attached hydrogen (secondary N) is 2. The summed E-state index contributed by atoms with van der Waals surface area (Å²) in [4.78, 5) is 7.07. The van der Waals surface area contributed by atoms with Crippen molar-refractivity contribution in [3.05, 3.63) is 65.7 Å². The van der Waals surface area contributed by atoms with Gasteiger partial charge >= 0.3 is 0 Å². The molecule has 182 valence electrons. The van der Waals surface area contributed by atoms with Gasteiger partial charge in [-0.25, -0.2) is 4.99 Å². The van der Waals surface area contributed by atoms with Gasteiger partial charge in [0.25, 0.3) is 0 Å². The van der Waals surface area contributed by atoms with E-state index in [1.54, 1.807) is 6.92 Å². The van der Waals surface area contributed by atoms with Crippen LogP contribution in [0.3, 0.4) is 0 Å². The first kappa shape index (κ1) is 27.4. The van der Waals surface area contributed by atoms with Crippen molar-refractivity contribution in [2.24, 2.45) is 4.99 Å². The topological polar surface area (TPSA) is 78.4 Å². The van der Waals surface area contributed by atoms with Gasteiger partial charge in [-0.05, 0) is 25.5 Å². The largest absolute Gasteiger partial charge is 0.492 e. The van der Waals surface area contributed by atoms with E-state index in [-0.39, 0.29) is 24.0 Å². The maximum Gasteiger partial charge on any atom is 0.191 e. The summed E-state index contributed by atoms with van der Waals surface area (Å²) in [6, 6.07) is 17.7. The number of aliphatic hydroxyl groups is 1. The quantitative estimate of drug-likeness (QED) is 0.233. The fourth-order valence-electron chi connectivity index (χ4n) is 3.55. The molecule has 3 N–H and O–H groups in total. The predicted octanol–water partition coefficient (Wildman–Crippen LogP) is 2.98. The Bertz CT molecular complexity index is 843. The lowest BCUT2D eigenvalue weighted by Crippen LogP contribution is -2.44. The Kier molecular flexibility index (Phi) is 11.9. The molecule has 7 nitrogen and oxygen atoms in total. The van der Waals surface area contributed by atoms with E-state index in [0.29, 0.717) is 25.7 Å². The Labute approximate surface area is 214 Å². The number of rotatable bonds is 10. The van der Waals surface area contributed by atoms with Crippen molar-refractivity contribution in [2.75, 3.05) is 52.5 Å². The van der Waals surface area contributed by atoms with Crippen LogP contribution >= 0.6 is 24.0 Å². The molecule has 2 aromatic rings. The molecule has 8 heteroatoms. The van der Waals surface area contributed by atoms with Gasteiger partial charge in [0.15, 0.2) is 5.96 Å². The second kappa shape index (κ2) is 14.4. The summed E-state index contributed by atoms with van der Waals surface area (Å²) in [5.41, 5.74) is 0.890. The fraction of sp³-hybridized carbons (Fsp3) is 0.480. The molecule has 0 aliphatic carbocycles. The molecule has 1 aliphatic rings. The summed E-state index contributed by atoms with van der Waals surface area (Å²) in [5, 5.41) is 17.4. The van der Waals surface area contributed by atoms with E-state index in [2.05, 4.69) is 15.5 Å². The standard InChI is InChI=1S/C25H36N4O3.HI/c1-3-26-24(28-20-25(2,30)22-10-5-4-6-11-22)27-19-21-9-7-8-12-23(21)32-18-15-29-13-16-31-17-14-29;/h4-12,30H,3,13-20H2,1-2H3,(H2,26,27,28);1H. The number of morpholine rings is 1. The Hall–Kier alpha value is -1.88. The summed E-state index contributed by atoms with van der Waals surface area (Å²) < 4.78 is 11.5.